The standard InChI is InChI=1S/C16H27BrN2/c1-5-7-11-19(4)16-9-8-14(17)12-15(16)13(3)18-10-6-2/h8-9,12-13,18H,5-7,10-11H2,1-4H3. The van der Waals surface area contributed by atoms with Crippen LogP contribution in [0.1, 0.15) is 51.6 Å². The van der Waals surface area contributed by atoms with Gasteiger partial charge < -0.3 is 10.2 Å². The highest BCUT2D eigenvalue weighted by atomic mass is 79.9. The van der Waals surface area contributed by atoms with Gasteiger partial charge >= 0.3 is 0 Å². The van der Waals surface area contributed by atoms with Crippen LogP contribution in [0.4, 0.5) is 5.69 Å². The van der Waals surface area contributed by atoms with Gasteiger partial charge in [-0.25, -0.2) is 0 Å². The zero-order valence-corrected chi connectivity index (χ0v) is 14.3. The third-order valence-corrected chi connectivity index (χ3v) is 3.91. The Morgan fingerprint density at radius 2 is 2.00 bits per heavy atom. The molecule has 1 N–H and O–H groups in total. The molecule has 0 bridgehead atoms. The number of hydrogen-bond donors (Lipinski definition) is 1. The van der Waals surface area contributed by atoms with Gasteiger partial charge in [-0.05, 0) is 50.1 Å². The second kappa shape index (κ2) is 8.60. The lowest BCUT2D eigenvalue weighted by molar-refractivity contribution is 0.569. The summed E-state index contributed by atoms with van der Waals surface area (Å²) in [6, 6.07) is 6.98. The minimum atomic E-state index is 0.386. The molecule has 1 rings (SSSR count). The van der Waals surface area contributed by atoms with Gasteiger partial charge in [-0.1, -0.05) is 36.2 Å². The van der Waals surface area contributed by atoms with Crippen molar-refractivity contribution in [1.82, 2.24) is 5.32 Å². The van der Waals surface area contributed by atoms with Gasteiger partial charge in [-0.15, -0.1) is 0 Å². The molecule has 2 nitrogen and oxygen atoms in total. The maximum Gasteiger partial charge on any atom is 0.0412 e. The predicted molar refractivity (Wildman–Crippen MR) is 89.0 cm³/mol. The van der Waals surface area contributed by atoms with Crippen molar-refractivity contribution < 1.29 is 0 Å². The minimum Gasteiger partial charge on any atom is -0.374 e. The van der Waals surface area contributed by atoms with Crippen LogP contribution in [0.5, 0.6) is 0 Å². The highest BCUT2D eigenvalue weighted by Crippen LogP contribution is 2.29. The Hall–Kier alpha value is -0.540. The fraction of sp³-hybridized carbons (Fsp3) is 0.625. The van der Waals surface area contributed by atoms with Gasteiger partial charge in [0.1, 0.15) is 0 Å². The van der Waals surface area contributed by atoms with Gasteiger partial charge in [0.25, 0.3) is 0 Å². The summed E-state index contributed by atoms with van der Waals surface area (Å²) in [6.07, 6.45) is 3.64. The van der Waals surface area contributed by atoms with Gasteiger partial charge in [-0.2, -0.15) is 0 Å². The first kappa shape index (κ1) is 16.5. The maximum atomic E-state index is 3.59. The second-order valence-corrected chi connectivity index (χ2v) is 6.07. The zero-order chi connectivity index (χ0) is 14.3. The largest absolute Gasteiger partial charge is 0.374 e. The van der Waals surface area contributed by atoms with Crippen LogP contribution in [0.25, 0.3) is 0 Å². The molecule has 0 saturated carbocycles. The summed E-state index contributed by atoms with van der Waals surface area (Å²) < 4.78 is 1.15. The van der Waals surface area contributed by atoms with E-state index in [0.717, 1.165) is 17.6 Å². The summed E-state index contributed by atoms with van der Waals surface area (Å²) in [7, 11) is 2.19. The Morgan fingerprint density at radius 3 is 2.63 bits per heavy atom. The van der Waals surface area contributed by atoms with E-state index < -0.39 is 0 Å². The lowest BCUT2D eigenvalue weighted by Gasteiger charge is -2.26. The molecule has 19 heavy (non-hydrogen) atoms. The van der Waals surface area contributed by atoms with Crippen LogP contribution in [-0.2, 0) is 0 Å². The van der Waals surface area contributed by atoms with E-state index in [1.807, 2.05) is 0 Å². The van der Waals surface area contributed by atoms with E-state index in [4.69, 9.17) is 0 Å². The van der Waals surface area contributed by atoms with Crippen molar-refractivity contribution in [1.29, 1.82) is 0 Å². The van der Waals surface area contributed by atoms with Gasteiger partial charge in [0.05, 0.1) is 0 Å². The van der Waals surface area contributed by atoms with Crippen molar-refractivity contribution in [2.45, 2.75) is 46.1 Å². The number of benzene rings is 1. The van der Waals surface area contributed by atoms with Crippen LogP contribution in [0, 0.1) is 0 Å². The molecule has 0 fully saturated rings. The number of halogens is 1. The number of nitrogens with one attached hydrogen (secondary N) is 1. The molecule has 0 aliphatic rings. The predicted octanol–water partition coefficient (Wildman–Crippen LogP) is 4.75. The van der Waals surface area contributed by atoms with Crippen LogP contribution in [0.2, 0.25) is 0 Å². The molecule has 0 heterocycles. The van der Waals surface area contributed by atoms with E-state index in [9.17, 15) is 0 Å². The Morgan fingerprint density at radius 1 is 1.26 bits per heavy atom. The second-order valence-electron chi connectivity index (χ2n) is 5.15. The molecular weight excluding hydrogens is 300 g/mol. The molecule has 1 unspecified atom stereocenters. The van der Waals surface area contributed by atoms with Crippen molar-refractivity contribution in [2.24, 2.45) is 0 Å². The monoisotopic (exact) mass is 326 g/mol. The van der Waals surface area contributed by atoms with Gasteiger partial charge in [0, 0.05) is 29.8 Å². The molecule has 0 amide bonds. The molecule has 1 atom stereocenters. The molecular formula is C16H27BrN2. The zero-order valence-electron chi connectivity index (χ0n) is 12.7. The first-order chi connectivity index (χ1) is 9.10. The average molecular weight is 327 g/mol. The molecule has 0 radical (unpaired) electrons. The molecule has 1 aromatic rings. The average Bonchev–Trinajstić information content (AvgIpc) is 2.41. The van der Waals surface area contributed by atoms with Crippen molar-refractivity contribution in [3.8, 4) is 0 Å². The Labute approximate surface area is 126 Å². The number of unbranched alkanes of at least 4 members (excludes halogenated alkanes) is 1. The third kappa shape index (κ3) is 5.15. The molecule has 0 aliphatic carbocycles. The summed E-state index contributed by atoms with van der Waals surface area (Å²) in [5.41, 5.74) is 2.72. The maximum absolute atomic E-state index is 3.59. The first-order valence-corrected chi connectivity index (χ1v) is 8.13. The molecule has 1 aromatic carbocycles. The van der Waals surface area contributed by atoms with Crippen LogP contribution in [-0.4, -0.2) is 20.1 Å². The molecule has 0 aromatic heterocycles. The lowest BCUT2D eigenvalue weighted by Crippen LogP contribution is -2.24. The lowest BCUT2D eigenvalue weighted by atomic mass is 10.0. The highest BCUT2D eigenvalue weighted by molar-refractivity contribution is 9.10. The van der Waals surface area contributed by atoms with Gasteiger partial charge in [0.2, 0.25) is 0 Å². The molecule has 108 valence electrons. The summed E-state index contributed by atoms with van der Waals surface area (Å²) in [5.74, 6) is 0. The number of nitrogens with zero attached hydrogens (tertiary/aromatic N) is 1. The Balaban J connectivity index is 2.90. The van der Waals surface area contributed by atoms with Crippen LogP contribution >= 0.6 is 15.9 Å². The van der Waals surface area contributed by atoms with Crippen molar-refractivity contribution >= 4 is 21.6 Å². The van der Waals surface area contributed by atoms with Crippen LogP contribution in [0.3, 0.4) is 0 Å². The molecule has 0 saturated heterocycles. The van der Waals surface area contributed by atoms with E-state index in [1.165, 1.54) is 30.5 Å². The first-order valence-electron chi connectivity index (χ1n) is 7.34. The fourth-order valence-corrected chi connectivity index (χ4v) is 2.59. The van der Waals surface area contributed by atoms with Crippen LogP contribution < -0.4 is 10.2 Å². The van der Waals surface area contributed by atoms with E-state index >= 15 is 0 Å². The van der Waals surface area contributed by atoms with E-state index in [0.29, 0.717) is 6.04 Å². The van der Waals surface area contributed by atoms with Crippen molar-refractivity contribution in [3.63, 3.8) is 0 Å². The van der Waals surface area contributed by atoms with E-state index in [-0.39, 0.29) is 0 Å². The van der Waals surface area contributed by atoms with E-state index in [1.54, 1.807) is 0 Å². The number of rotatable bonds is 8. The van der Waals surface area contributed by atoms with Crippen molar-refractivity contribution in [3.05, 3.63) is 28.2 Å². The van der Waals surface area contributed by atoms with Crippen LogP contribution in [0.15, 0.2) is 22.7 Å². The topological polar surface area (TPSA) is 15.3 Å². The smallest absolute Gasteiger partial charge is 0.0412 e. The van der Waals surface area contributed by atoms with E-state index in [2.05, 4.69) is 72.2 Å². The molecule has 0 spiro atoms. The third-order valence-electron chi connectivity index (χ3n) is 3.41. The van der Waals surface area contributed by atoms with Gasteiger partial charge in [-0.3, -0.25) is 0 Å². The quantitative estimate of drug-likeness (QED) is 0.741. The Bertz CT molecular complexity index is 379. The van der Waals surface area contributed by atoms with Crippen molar-refractivity contribution in [2.75, 3.05) is 25.0 Å². The summed E-state index contributed by atoms with van der Waals surface area (Å²) >= 11 is 3.59. The number of anilines is 1. The Kier molecular flexibility index (Phi) is 7.47. The summed E-state index contributed by atoms with van der Waals surface area (Å²) in [6.45, 7) is 8.86. The molecule has 3 heteroatoms. The SMILES string of the molecule is CCCCN(C)c1ccc(Br)cc1C(C)NCCC. The van der Waals surface area contributed by atoms with Gasteiger partial charge in [0.15, 0.2) is 0 Å². The summed E-state index contributed by atoms with van der Waals surface area (Å²) in [5, 5.41) is 3.58. The minimum absolute atomic E-state index is 0.386. The highest BCUT2D eigenvalue weighted by Gasteiger charge is 2.13. The normalized spacial score (nSPS) is 12.5. The number of hydrogen-bond acceptors (Lipinski definition) is 2. The molecule has 0 aliphatic heterocycles. The summed E-state index contributed by atoms with van der Waals surface area (Å²) in [4.78, 5) is 2.37. The fourth-order valence-electron chi connectivity index (χ4n) is 2.21.